The van der Waals surface area contributed by atoms with Gasteiger partial charge in [0.2, 0.25) is 0 Å². The van der Waals surface area contributed by atoms with Gasteiger partial charge in [0, 0.05) is 22.3 Å². The highest BCUT2D eigenvalue weighted by molar-refractivity contribution is 7.09. The topological polar surface area (TPSA) is 64.7 Å². The van der Waals surface area contributed by atoms with Crippen LogP contribution in [0.5, 0.6) is 0 Å². The lowest BCUT2D eigenvalue weighted by atomic mass is 10.2. The number of aryl methyl sites for hydroxylation is 2. The first-order chi connectivity index (χ1) is 8.10. The molecule has 4 nitrogen and oxygen atoms in total. The van der Waals surface area contributed by atoms with Crippen molar-refractivity contribution in [3.05, 3.63) is 33.2 Å². The molecule has 0 spiro atoms. The first-order valence-electron chi connectivity index (χ1n) is 5.63. The minimum absolute atomic E-state index is 0.583. The van der Waals surface area contributed by atoms with Crippen molar-refractivity contribution < 1.29 is 0 Å². The van der Waals surface area contributed by atoms with Crippen LogP contribution < -0.4 is 5.73 Å². The fraction of sp³-hybridized carbons (Fsp3) is 0.417. The molecule has 17 heavy (non-hydrogen) atoms. The molecular weight excluding hydrogens is 232 g/mol. The first kappa shape index (κ1) is 12.0. The molecule has 5 heteroatoms. The summed E-state index contributed by atoms with van der Waals surface area (Å²) in [6, 6.07) is 0. The Kier molecular flexibility index (Phi) is 3.38. The van der Waals surface area contributed by atoms with Gasteiger partial charge in [-0.15, -0.1) is 11.3 Å². The van der Waals surface area contributed by atoms with E-state index in [4.69, 9.17) is 5.73 Å². The molecule has 2 aromatic heterocycles. The average Bonchev–Trinajstić information content (AvgIpc) is 2.69. The molecule has 90 valence electrons. The lowest BCUT2D eigenvalue weighted by Gasteiger charge is -2.07. The summed E-state index contributed by atoms with van der Waals surface area (Å²) >= 11 is 1.64. The highest BCUT2D eigenvalue weighted by atomic mass is 32.1. The summed E-state index contributed by atoms with van der Waals surface area (Å²) in [5.41, 5.74) is 8.95. The molecule has 0 atom stereocenters. The van der Waals surface area contributed by atoms with Crippen LogP contribution in [0.25, 0.3) is 0 Å². The zero-order valence-electron chi connectivity index (χ0n) is 10.3. The van der Waals surface area contributed by atoms with Crippen molar-refractivity contribution in [3.63, 3.8) is 0 Å². The molecule has 2 N–H and O–H groups in total. The second kappa shape index (κ2) is 4.79. The van der Waals surface area contributed by atoms with Crippen LogP contribution in [-0.2, 0) is 12.8 Å². The number of aromatic nitrogens is 3. The normalized spacial score (nSPS) is 10.8. The van der Waals surface area contributed by atoms with Crippen LogP contribution in [0.15, 0.2) is 5.38 Å². The van der Waals surface area contributed by atoms with E-state index in [-0.39, 0.29) is 0 Å². The first-order valence-corrected chi connectivity index (χ1v) is 6.51. The van der Waals surface area contributed by atoms with Crippen molar-refractivity contribution in [2.24, 2.45) is 0 Å². The van der Waals surface area contributed by atoms with Gasteiger partial charge in [0.1, 0.15) is 16.6 Å². The predicted molar refractivity (Wildman–Crippen MR) is 70.2 cm³/mol. The van der Waals surface area contributed by atoms with Gasteiger partial charge in [0.25, 0.3) is 0 Å². The Balaban J connectivity index is 2.30. The fourth-order valence-corrected chi connectivity index (χ4v) is 2.45. The van der Waals surface area contributed by atoms with Crippen LogP contribution in [0.1, 0.15) is 34.7 Å². The third-order valence-electron chi connectivity index (χ3n) is 2.64. The van der Waals surface area contributed by atoms with Gasteiger partial charge in [0.15, 0.2) is 0 Å². The van der Waals surface area contributed by atoms with Crippen molar-refractivity contribution in [1.82, 2.24) is 15.0 Å². The standard InChI is InChI=1S/C12H16N4S/c1-4-9-8(3)12(13)16-10(15-9)5-11-14-7(2)6-17-11/h6H,4-5H2,1-3H3,(H2,13,15,16). The van der Waals surface area contributed by atoms with E-state index in [2.05, 4.69) is 21.9 Å². The lowest BCUT2D eigenvalue weighted by Crippen LogP contribution is -2.07. The third-order valence-corrected chi connectivity index (χ3v) is 3.61. The lowest BCUT2D eigenvalue weighted by molar-refractivity contribution is 0.888. The van der Waals surface area contributed by atoms with Crippen LogP contribution in [-0.4, -0.2) is 15.0 Å². The number of nitrogen functional groups attached to an aromatic ring is 1. The summed E-state index contributed by atoms with van der Waals surface area (Å²) in [6.45, 7) is 6.03. The highest BCUT2D eigenvalue weighted by Gasteiger charge is 2.09. The Labute approximate surface area is 105 Å². The maximum atomic E-state index is 5.89. The van der Waals surface area contributed by atoms with Crippen molar-refractivity contribution in [1.29, 1.82) is 0 Å². The summed E-state index contributed by atoms with van der Waals surface area (Å²) in [5.74, 6) is 1.35. The summed E-state index contributed by atoms with van der Waals surface area (Å²) in [6.07, 6.45) is 1.54. The Morgan fingerprint density at radius 1 is 1.24 bits per heavy atom. The quantitative estimate of drug-likeness (QED) is 0.905. The second-order valence-electron chi connectivity index (χ2n) is 4.01. The summed E-state index contributed by atoms with van der Waals surface area (Å²) in [4.78, 5) is 13.3. The van der Waals surface area contributed by atoms with Gasteiger partial charge >= 0.3 is 0 Å². The number of hydrogen-bond donors (Lipinski definition) is 1. The Hall–Kier alpha value is -1.49. The molecule has 2 aromatic rings. The molecule has 0 aliphatic carbocycles. The number of thiazole rings is 1. The molecule has 0 saturated heterocycles. The van der Waals surface area contributed by atoms with Crippen LogP contribution >= 0.6 is 11.3 Å². The number of rotatable bonds is 3. The minimum atomic E-state index is 0.583. The van der Waals surface area contributed by atoms with E-state index >= 15 is 0 Å². The molecule has 0 radical (unpaired) electrons. The zero-order valence-corrected chi connectivity index (χ0v) is 11.1. The third kappa shape index (κ3) is 2.61. The largest absolute Gasteiger partial charge is 0.383 e. The van der Waals surface area contributed by atoms with Crippen molar-refractivity contribution in [2.45, 2.75) is 33.6 Å². The van der Waals surface area contributed by atoms with Gasteiger partial charge < -0.3 is 5.73 Å². The molecule has 0 bridgehead atoms. The highest BCUT2D eigenvalue weighted by Crippen LogP contribution is 2.16. The second-order valence-corrected chi connectivity index (χ2v) is 4.95. The molecular formula is C12H16N4S. The van der Waals surface area contributed by atoms with Crippen molar-refractivity contribution in [2.75, 3.05) is 5.73 Å². The zero-order chi connectivity index (χ0) is 12.4. The SMILES string of the molecule is CCc1nc(Cc2nc(C)cs2)nc(N)c1C. The van der Waals surface area contributed by atoms with Crippen molar-refractivity contribution in [3.8, 4) is 0 Å². The van der Waals surface area contributed by atoms with E-state index in [1.165, 1.54) is 0 Å². The molecule has 0 aliphatic heterocycles. The van der Waals surface area contributed by atoms with E-state index in [0.29, 0.717) is 12.2 Å². The number of anilines is 1. The maximum absolute atomic E-state index is 5.89. The molecule has 0 aromatic carbocycles. The Morgan fingerprint density at radius 2 is 2.00 bits per heavy atom. The van der Waals surface area contributed by atoms with Crippen LogP contribution in [0.4, 0.5) is 5.82 Å². The number of nitrogens with two attached hydrogens (primary N) is 1. The molecule has 0 saturated carbocycles. The molecule has 0 amide bonds. The molecule has 0 fully saturated rings. The average molecular weight is 248 g/mol. The van der Waals surface area contributed by atoms with Crippen LogP contribution in [0.2, 0.25) is 0 Å². The monoisotopic (exact) mass is 248 g/mol. The van der Waals surface area contributed by atoms with E-state index in [0.717, 1.165) is 34.2 Å². The number of hydrogen-bond acceptors (Lipinski definition) is 5. The van der Waals surface area contributed by atoms with Crippen LogP contribution in [0, 0.1) is 13.8 Å². The van der Waals surface area contributed by atoms with Gasteiger partial charge in [-0.3, -0.25) is 0 Å². The summed E-state index contributed by atoms with van der Waals surface area (Å²) < 4.78 is 0. The van der Waals surface area contributed by atoms with Gasteiger partial charge in [-0.2, -0.15) is 0 Å². The molecule has 0 unspecified atom stereocenters. The van der Waals surface area contributed by atoms with E-state index in [1.54, 1.807) is 11.3 Å². The van der Waals surface area contributed by atoms with Gasteiger partial charge in [-0.25, -0.2) is 15.0 Å². The van der Waals surface area contributed by atoms with Gasteiger partial charge in [0.05, 0.1) is 6.42 Å². The van der Waals surface area contributed by atoms with Gasteiger partial charge in [-0.1, -0.05) is 6.92 Å². The van der Waals surface area contributed by atoms with E-state index in [9.17, 15) is 0 Å². The Bertz CT molecular complexity index is 533. The van der Waals surface area contributed by atoms with E-state index < -0.39 is 0 Å². The summed E-state index contributed by atoms with van der Waals surface area (Å²) in [7, 11) is 0. The van der Waals surface area contributed by atoms with Gasteiger partial charge in [-0.05, 0) is 20.3 Å². The maximum Gasteiger partial charge on any atom is 0.137 e. The van der Waals surface area contributed by atoms with E-state index in [1.807, 2.05) is 19.2 Å². The number of nitrogens with zero attached hydrogens (tertiary/aromatic N) is 3. The van der Waals surface area contributed by atoms with Crippen LogP contribution in [0.3, 0.4) is 0 Å². The summed E-state index contributed by atoms with van der Waals surface area (Å²) in [5, 5.41) is 3.07. The Morgan fingerprint density at radius 3 is 2.59 bits per heavy atom. The molecule has 0 aliphatic rings. The minimum Gasteiger partial charge on any atom is -0.383 e. The smallest absolute Gasteiger partial charge is 0.137 e. The van der Waals surface area contributed by atoms with Crippen molar-refractivity contribution >= 4 is 17.2 Å². The fourth-order valence-electron chi connectivity index (χ4n) is 1.68. The molecule has 2 rings (SSSR count). The molecule has 2 heterocycles. The predicted octanol–water partition coefficient (Wildman–Crippen LogP) is 2.29.